The molecule has 1 saturated heterocycles. The van der Waals surface area contributed by atoms with Crippen LogP contribution in [0.4, 0.5) is 13.2 Å². The predicted molar refractivity (Wildman–Crippen MR) is 78.2 cm³/mol. The van der Waals surface area contributed by atoms with Gasteiger partial charge in [-0.25, -0.2) is 0 Å². The lowest BCUT2D eigenvalue weighted by atomic mass is 10.2. The number of amides is 1. The van der Waals surface area contributed by atoms with Crippen molar-refractivity contribution in [3.63, 3.8) is 0 Å². The van der Waals surface area contributed by atoms with E-state index >= 15 is 0 Å². The Morgan fingerprint density at radius 2 is 1.96 bits per heavy atom. The van der Waals surface area contributed by atoms with Crippen LogP contribution in [0.25, 0.3) is 0 Å². The maximum absolute atomic E-state index is 12.3. The molecule has 0 saturated carbocycles. The van der Waals surface area contributed by atoms with Gasteiger partial charge >= 0.3 is 6.18 Å². The van der Waals surface area contributed by atoms with Crippen molar-refractivity contribution < 1.29 is 22.4 Å². The van der Waals surface area contributed by atoms with Gasteiger partial charge in [0.05, 0.1) is 12.8 Å². The van der Waals surface area contributed by atoms with Crippen molar-refractivity contribution in [2.75, 3.05) is 26.2 Å². The van der Waals surface area contributed by atoms with Crippen molar-refractivity contribution in [1.29, 1.82) is 0 Å². The zero-order valence-corrected chi connectivity index (χ0v) is 12.9. The Hall–Kier alpha value is -2.29. The molecule has 24 heavy (non-hydrogen) atoms. The van der Waals surface area contributed by atoms with Crippen LogP contribution in [0, 0.1) is 0 Å². The van der Waals surface area contributed by atoms with Crippen LogP contribution < -0.4 is 0 Å². The number of carbonyl (C=O) groups excluding carboxylic acids is 1. The van der Waals surface area contributed by atoms with Crippen molar-refractivity contribution in [3.8, 4) is 0 Å². The molecule has 0 atom stereocenters. The topological polar surface area (TPSA) is 54.5 Å². The molecule has 3 heterocycles. The first-order valence-electron chi connectivity index (χ1n) is 7.55. The largest absolute Gasteiger partial charge is 0.468 e. The fraction of sp³-hybridized carbons (Fsp3) is 0.467. The number of aromatic nitrogens is 2. The highest BCUT2D eigenvalue weighted by atomic mass is 19.4. The molecule has 0 unspecified atom stereocenters. The van der Waals surface area contributed by atoms with E-state index in [0.29, 0.717) is 32.7 Å². The van der Waals surface area contributed by atoms with Gasteiger partial charge in [-0.1, -0.05) is 0 Å². The quantitative estimate of drug-likeness (QED) is 0.853. The van der Waals surface area contributed by atoms with Crippen molar-refractivity contribution in [2.24, 2.45) is 0 Å². The molecule has 2 aromatic rings. The Kier molecular flexibility index (Phi) is 4.61. The van der Waals surface area contributed by atoms with Crippen LogP contribution in [0.5, 0.6) is 0 Å². The summed E-state index contributed by atoms with van der Waals surface area (Å²) in [4.78, 5) is 16.1. The standard InChI is InChI=1S/C15H17F3N4O2/c16-15(17,18)11-22-4-3-13(19-22)14(23)21-7-5-20(6-8-21)10-12-2-1-9-24-12/h1-4,9H,5-8,10-11H2. The lowest BCUT2D eigenvalue weighted by Gasteiger charge is -2.33. The molecule has 6 nitrogen and oxygen atoms in total. The minimum Gasteiger partial charge on any atom is -0.468 e. The van der Waals surface area contributed by atoms with Crippen LogP contribution in [-0.4, -0.2) is 57.8 Å². The van der Waals surface area contributed by atoms with Crippen molar-refractivity contribution in [2.45, 2.75) is 19.3 Å². The molecule has 130 valence electrons. The third kappa shape index (κ3) is 4.16. The van der Waals surface area contributed by atoms with Crippen LogP contribution in [0.15, 0.2) is 35.1 Å². The minimum atomic E-state index is -4.36. The Morgan fingerprint density at radius 1 is 1.21 bits per heavy atom. The van der Waals surface area contributed by atoms with Gasteiger partial charge in [0.2, 0.25) is 0 Å². The summed E-state index contributed by atoms with van der Waals surface area (Å²) in [6, 6.07) is 5.04. The van der Waals surface area contributed by atoms with E-state index in [0.717, 1.165) is 10.4 Å². The van der Waals surface area contributed by atoms with E-state index in [2.05, 4.69) is 10.00 Å². The molecular weight excluding hydrogens is 325 g/mol. The number of furan rings is 1. The Labute approximate surface area is 136 Å². The van der Waals surface area contributed by atoms with Gasteiger partial charge in [0.25, 0.3) is 5.91 Å². The monoisotopic (exact) mass is 342 g/mol. The van der Waals surface area contributed by atoms with Crippen LogP contribution >= 0.6 is 0 Å². The maximum Gasteiger partial charge on any atom is 0.408 e. The van der Waals surface area contributed by atoms with Crippen LogP contribution in [0.3, 0.4) is 0 Å². The molecule has 1 aliphatic rings. The average Bonchev–Trinajstić information content (AvgIpc) is 3.17. The summed E-state index contributed by atoms with van der Waals surface area (Å²) in [5.74, 6) is 0.522. The number of rotatable bonds is 4. The van der Waals surface area contributed by atoms with Crippen molar-refractivity contribution in [1.82, 2.24) is 19.6 Å². The number of hydrogen-bond acceptors (Lipinski definition) is 4. The van der Waals surface area contributed by atoms with E-state index in [1.54, 1.807) is 11.2 Å². The number of nitrogens with zero attached hydrogens (tertiary/aromatic N) is 4. The second kappa shape index (κ2) is 6.68. The summed E-state index contributed by atoms with van der Waals surface area (Å²) in [6.45, 7) is 1.84. The molecule has 2 aromatic heterocycles. The number of halogens is 3. The second-order valence-electron chi connectivity index (χ2n) is 5.66. The lowest BCUT2D eigenvalue weighted by molar-refractivity contribution is -0.142. The first-order chi connectivity index (χ1) is 11.4. The molecule has 0 spiro atoms. The van der Waals surface area contributed by atoms with E-state index in [-0.39, 0.29) is 11.6 Å². The smallest absolute Gasteiger partial charge is 0.408 e. The number of hydrogen-bond donors (Lipinski definition) is 0. The zero-order chi connectivity index (χ0) is 17.2. The molecule has 0 radical (unpaired) electrons. The number of piperazine rings is 1. The maximum atomic E-state index is 12.3. The molecule has 0 N–H and O–H groups in total. The van der Waals surface area contributed by atoms with Crippen molar-refractivity contribution >= 4 is 5.91 Å². The third-order valence-corrected chi connectivity index (χ3v) is 3.82. The highest BCUT2D eigenvalue weighted by molar-refractivity contribution is 5.92. The van der Waals surface area contributed by atoms with Crippen molar-refractivity contribution in [3.05, 3.63) is 42.1 Å². The van der Waals surface area contributed by atoms with Gasteiger partial charge < -0.3 is 9.32 Å². The summed E-state index contributed by atoms with van der Waals surface area (Å²) >= 11 is 0. The summed E-state index contributed by atoms with van der Waals surface area (Å²) in [7, 11) is 0. The minimum absolute atomic E-state index is 0.0405. The summed E-state index contributed by atoms with van der Waals surface area (Å²) < 4.78 is 43.0. The van der Waals surface area contributed by atoms with Crippen LogP contribution in [0.1, 0.15) is 16.2 Å². The van der Waals surface area contributed by atoms with E-state index in [9.17, 15) is 18.0 Å². The van der Waals surface area contributed by atoms with Gasteiger partial charge in [-0.2, -0.15) is 18.3 Å². The molecule has 0 aromatic carbocycles. The zero-order valence-electron chi connectivity index (χ0n) is 12.9. The lowest BCUT2D eigenvalue weighted by Crippen LogP contribution is -2.48. The molecule has 9 heteroatoms. The second-order valence-corrected chi connectivity index (χ2v) is 5.66. The van der Waals surface area contributed by atoms with Gasteiger partial charge in [0, 0.05) is 32.4 Å². The number of alkyl halides is 3. The SMILES string of the molecule is O=C(c1ccn(CC(F)(F)F)n1)N1CCN(Cc2ccco2)CC1. The predicted octanol–water partition coefficient (Wildman–Crippen LogP) is 2.00. The van der Waals surface area contributed by atoms with E-state index in [1.165, 1.54) is 12.3 Å². The van der Waals surface area contributed by atoms with Gasteiger partial charge in [-0.05, 0) is 18.2 Å². The Morgan fingerprint density at radius 3 is 2.58 bits per heavy atom. The fourth-order valence-electron chi connectivity index (χ4n) is 2.64. The average molecular weight is 342 g/mol. The van der Waals surface area contributed by atoms with Gasteiger partial charge in [-0.3, -0.25) is 14.4 Å². The first kappa shape index (κ1) is 16.6. The van der Waals surface area contributed by atoms with E-state index < -0.39 is 12.7 Å². The molecular formula is C15H17F3N4O2. The fourth-order valence-corrected chi connectivity index (χ4v) is 2.64. The summed E-state index contributed by atoms with van der Waals surface area (Å²) in [6.07, 6.45) is -1.57. The molecule has 0 bridgehead atoms. The third-order valence-electron chi connectivity index (χ3n) is 3.82. The normalized spacial score (nSPS) is 16.5. The molecule has 0 aliphatic carbocycles. The summed E-state index contributed by atoms with van der Waals surface area (Å²) in [5, 5.41) is 3.73. The van der Waals surface area contributed by atoms with E-state index in [4.69, 9.17) is 4.42 Å². The Balaban J connectivity index is 1.53. The molecule has 1 fully saturated rings. The van der Waals surface area contributed by atoms with Gasteiger partial charge in [-0.15, -0.1) is 0 Å². The van der Waals surface area contributed by atoms with Gasteiger partial charge in [0.1, 0.15) is 18.0 Å². The van der Waals surface area contributed by atoms with E-state index in [1.807, 2.05) is 12.1 Å². The molecule has 3 rings (SSSR count). The van der Waals surface area contributed by atoms with Crippen LogP contribution in [-0.2, 0) is 13.1 Å². The Bertz CT molecular complexity index is 673. The molecule has 1 aliphatic heterocycles. The number of carbonyl (C=O) groups is 1. The first-order valence-corrected chi connectivity index (χ1v) is 7.55. The molecule has 1 amide bonds. The van der Waals surface area contributed by atoms with Crippen LogP contribution in [0.2, 0.25) is 0 Å². The van der Waals surface area contributed by atoms with Gasteiger partial charge in [0.15, 0.2) is 0 Å². The highest BCUT2D eigenvalue weighted by Gasteiger charge is 2.29. The highest BCUT2D eigenvalue weighted by Crippen LogP contribution is 2.17. The summed E-state index contributed by atoms with van der Waals surface area (Å²) in [5.41, 5.74) is 0.0405.